The predicted molar refractivity (Wildman–Crippen MR) is 116 cm³/mol. The smallest absolute Gasteiger partial charge is 0.241 e. The average Bonchev–Trinajstić information content (AvgIpc) is 3.32. The highest BCUT2D eigenvalue weighted by Gasteiger charge is 2.44. The van der Waals surface area contributed by atoms with E-state index in [1.165, 1.54) is 12.4 Å². The number of benzene rings is 1. The summed E-state index contributed by atoms with van der Waals surface area (Å²) in [6, 6.07) is 11.3. The fourth-order valence-electron chi connectivity index (χ4n) is 3.94. The van der Waals surface area contributed by atoms with Gasteiger partial charge in [-0.3, -0.25) is 19.7 Å². The van der Waals surface area contributed by atoms with Gasteiger partial charge in [0.25, 0.3) is 0 Å². The second-order valence-electron chi connectivity index (χ2n) is 8.15. The summed E-state index contributed by atoms with van der Waals surface area (Å²) in [4.78, 5) is 27.6. The zero-order valence-corrected chi connectivity index (χ0v) is 17.4. The highest BCUT2D eigenvalue weighted by Crippen LogP contribution is 2.46. The lowest BCUT2D eigenvalue weighted by Crippen LogP contribution is -2.33. The van der Waals surface area contributed by atoms with Crippen LogP contribution in [0.15, 0.2) is 67.5 Å². The number of fused-ring (bicyclic) bond motifs is 1. The summed E-state index contributed by atoms with van der Waals surface area (Å²) in [5.74, 6) is -0.430. The first-order chi connectivity index (χ1) is 14.9. The van der Waals surface area contributed by atoms with Gasteiger partial charge in [0, 0.05) is 23.7 Å². The van der Waals surface area contributed by atoms with E-state index in [0.717, 1.165) is 28.2 Å². The molecule has 0 unspecified atom stereocenters. The van der Waals surface area contributed by atoms with E-state index < -0.39 is 11.2 Å². The van der Waals surface area contributed by atoms with Gasteiger partial charge in [0.1, 0.15) is 6.33 Å². The third-order valence-electron chi connectivity index (χ3n) is 5.71. The Morgan fingerprint density at radius 3 is 2.58 bits per heavy atom. The van der Waals surface area contributed by atoms with Crippen LogP contribution in [0.2, 0.25) is 0 Å². The van der Waals surface area contributed by atoms with Crippen LogP contribution in [-0.2, 0) is 10.2 Å². The maximum Gasteiger partial charge on any atom is 0.241 e. The maximum atomic E-state index is 14.1. The Kier molecular flexibility index (Phi) is 4.22. The lowest BCUT2D eigenvalue weighted by atomic mass is 9.86. The number of carbonyl (C=O) groups excluding carboxylic acids is 1. The highest BCUT2D eigenvalue weighted by molar-refractivity contribution is 6.12. The van der Waals surface area contributed by atoms with Crippen LogP contribution in [0.4, 0.5) is 15.8 Å². The summed E-state index contributed by atoms with van der Waals surface area (Å²) >= 11 is 0. The third-order valence-corrected chi connectivity index (χ3v) is 5.71. The van der Waals surface area contributed by atoms with Crippen molar-refractivity contribution in [2.24, 2.45) is 0 Å². The van der Waals surface area contributed by atoms with Crippen LogP contribution >= 0.6 is 0 Å². The van der Waals surface area contributed by atoms with E-state index in [1.807, 2.05) is 51.1 Å². The van der Waals surface area contributed by atoms with Gasteiger partial charge < -0.3 is 4.57 Å². The first-order valence-electron chi connectivity index (χ1n) is 9.92. The third kappa shape index (κ3) is 3.01. The maximum absolute atomic E-state index is 14.1. The van der Waals surface area contributed by atoms with Crippen LogP contribution < -0.4 is 4.90 Å². The molecule has 5 rings (SSSR count). The molecule has 7 heteroatoms. The Hall–Kier alpha value is -3.87. The molecule has 0 radical (unpaired) electrons. The van der Waals surface area contributed by atoms with Gasteiger partial charge in [-0.05, 0) is 50.6 Å². The lowest BCUT2D eigenvalue weighted by Gasteiger charge is -2.20. The number of pyridine rings is 2. The molecule has 0 saturated carbocycles. The Bertz CT molecular complexity index is 1310. The molecule has 0 saturated heterocycles. The summed E-state index contributed by atoms with van der Waals surface area (Å²) in [7, 11) is 0. The van der Waals surface area contributed by atoms with Gasteiger partial charge >= 0.3 is 0 Å². The number of halogens is 1. The fraction of sp³-hybridized carbons (Fsp3) is 0.167. The largest absolute Gasteiger partial charge is 0.303 e. The second-order valence-corrected chi connectivity index (χ2v) is 8.15. The number of hydrogen-bond donors (Lipinski definition) is 0. The first-order valence-corrected chi connectivity index (χ1v) is 9.92. The van der Waals surface area contributed by atoms with Gasteiger partial charge in [-0.15, -0.1) is 0 Å². The van der Waals surface area contributed by atoms with E-state index >= 15 is 0 Å². The topological polar surface area (TPSA) is 63.9 Å². The monoisotopic (exact) mass is 413 g/mol. The molecule has 1 amide bonds. The zero-order chi connectivity index (χ0) is 21.8. The Morgan fingerprint density at radius 2 is 1.84 bits per heavy atom. The summed E-state index contributed by atoms with van der Waals surface area (Å²) in [5.41, 5.74) is 4.60. The highest BCUT2D eigenvalue weighted by atomic mass is 19.1. The van der Waals surface area contributed by atoms with Crippen molar-refractivity contribution in [2.75, 3.05) is 4.90 Å². The minimum atomic E-state index is -0.654. The summed E-state index contributed by atoms with van der Waals surface area (Å²) in [5, 5.41) is 0. The summed E-state index contributed by atoms with van der Waals surface area (Å²) in [6.07, 6.45) is 7.75. The molecule has 0 atom stereocenters. The number of aromatic nitrogens is 4. The molecule has 154 valence electrons. The molecule has 0 fully saturated rings. The average molecular weight is 413 g/mol. The van der Waals surface area contributed by atoms with Gasteiger partial charge in [0.2, 0.25) is 5.91 Å². The molecule has 3 aromatic heterocycles. The van der Waals surface area contributed by atoms with E-state index in [4.69, 9.17) is 0 Å². The quantitative estimate of drug-likeness (QED) is 0.487. The van der Waals surface area contributed by atoms with Gasteiger partial charge in [0.15, 0.2) is 5.82 Å². The number of carbonyl (C=O) groups is 1. The molecule has 0 aliphatic carbocycles. The van der Waals surface area contributed by atoms with Crippen molar-refractivity contribution in [3.05, 3.63) is 84.6 Å². The molecule has 0 bridgehead atoms. The van der Waals surface area contributed by atoms with Crippen LogP contribution in [0.5, 0.6) is 0 Å². The van der Waals surface area contributed by atoms with Crippen LogP contribution in [0.3, 0.4) is 0 Å². The molecule has 4 aromatic rings. The van der Waals surface area contributed by atoms with Crippen LogP contribution in [-0.4, -0.2) is 25.4 Å². The van der Waals surface area contributed by atoms with Crippen molar-refractivity contribution < 1.29 is 9.18 Å². The molecule has 0 spiro atoms. The number of aryl methyl sites for hydroxylation is 1. The Balaban J connectivity index is 1.60. The van der Waals surface area contributed by atoms with E-state index in [-0.39, 0.29) is 5.91 Å². The number of rotatable bonds is 3. The Labute approximate surface area is 179 Å². The van der Waals surface area contributed by atoms with Gasteiger partial charge in [-0.2, -0.15) is 0 Å². The predicted octanol–water partition coefficient (Wildman–Crippen LogP) is 4.73. The molecule has 1 aliphatic heterocycles. The standard InChI is InChI=1S/C24H20FN5O/c1-15-4-6-17(11-27-15)30-22-10-16(5-7-18(22)24(2,3)23(30)31)20-13-29(14-28-20)21-8-9-26-12-19(21)25/h4-14H,1-3H3. The van der Waals surface area contributed by atoms with E-state index in [9.17, 15) is 9.18 Å². The van der Waals surface area contributed by atoms with Crippen molar-refractivity contribution in [1.82, 2.24) is 19.5 Å². The molecule has 1 aromatic carbocycles. The number of hydrogen-bond acceptors (Lipinski definition) is 4. The molecule has 31 heavy (non-hydrogen) atoms. The molecular weight excluding hydrogens is 393 g/mol. The molecule has 1 aliphatic rings. The minimum Gasteiger partial charge on any atom is -0.303 e. The van der Waals surface area contributed by atoms with Crippen molar-refractivity contribution in [3.8, 4) is 16.9 Å². The first kappa shape index (κ1) is 19.1. The van der Waals surface area contributed by atoms with E-state index in [2.05, 4.69) is 15.0 Å². The normalized spacial score (nSPS) is 14.7. The van der Waals surface area contributed by atoms with Crippen molar-refractivity contribution >= 4 is 17.3 Å². The van der Waals surface area contributed by atoms with Crippen LogP contribution in [0.25, 0.3) is 16.9 Å². The van der Waals surface area contributed by atoms with Crippen molar-refractivity contribution in [2.45, 2.75) is 26.2 Å². The van der Waals surface area contributed by atoms with Gasteiger partial charge in [-0.1, -0.05) is 12.1 Å². The van der Waals surface area contributed by atoms with Crippen LogP contribution in [0, 0.1) is 12.7 Å². The SMILES string of the molecule is Cc1ccc(N2C(=O)C(C)(C)c3ccc(-c4cn(-c5ccncc5F)cn4)cc32)cn1. The number of amides is 1. The van der Waals surface area contributed by atoms with Gasteiger partial charge in [0.05, 0.1) is 40.6 Å². The Morgan fingerprint density at radius 1 is 1.00 bits per heavy atom. The molecular formula is C24H20FN5O. The van der Waals surface area contributed by atoms with Gasteiger partial charge in [-0.25, -0.2) is 9.37 Å². The van der Waals surface area contributed by atoms with Crippen molar-refractivity contribution in [1.29, 1.82) is 0 Å². The zero-order valence-electron chi connectivity index (χ0n) is 17.4. The summed E-state index contributed by atoms with van der Waals surface area (Å²) in [6.45, 7) is 5.76. The lowest BCUT2D eigenvalue weighted by molar-refractivity contribution is -0.121. The van der Waals surface area contributed by atoms with Crippen molar-refractivity contribution in [3.63, 3.8) is 0 Å². The summed E-state index contributed by atoms with van der Waals surface area (Å²) < 4.78 is 15.7. The second kappa shape index (κ2) is 6.84. The number of nitrogens with zero attached hydrogens (tertiary/aromatic N) is 5. The van der Waals surface area contributed by atoms with Crippen LogP contribution in [0.1, 0.15) is 25.1 Å². The van der Waals surface area contributed by atoms with E-state index in [1.54, 1.807) is 34.3 Å². The van der Waals surface area contributed by atoms with E-state index in [0.29, 0.717) is 11.4 Å². The fourth-order valence-corrected chi connectivity index (χ4v) is 3.94. The number of anilines is 2. The number of imidazole rings is 1. The molecule has 0 N–H and O–H groups in total. The minimum absolute atomic E-state index is 0.00492. The molecule has 6 nitrogen and oxygen atoms in total. The molecule has 4 heterocycles.